The third kappa shape index (κ3) is 3.15. The molecule has 3 saturated heterocycles. The number of likely N-dealkylation sites (tertiary alicyclic amines) is 2. The molecule has 2 aromatic rings. The van der Waals surface area contributed by atoms with Gasteiger partial charge in [-0.15, -0.1) is 0 Å². The Labute approximate surface area is 161 Å². The summed E-state index contributed by atoms with van der Waals surface area (Å²) in [5, 5.41) is 2.32. The van der Waals surface area contributed by atoms with E-state index in [0.29, 0.717) is 6.10 Å². The lowest BCUT2D eigenvalue weighted by atomic mass is 9.77. The monoisotopic (exact) mass is 364 g/mol. The zero-order valence-corrected chi connectivity index (χ0v) is 15.9. The van der Waals surface area contributed by atoms with Crippen molar-refractivity contribution < 1.29 is 9.53 Å². The molecule has 27 heavy (non-hydrogen) atoms. The van der Waals surface area contributed by atoms with Crippen LogP contribution in [-0.4, -0.2) is 60.1 Å². The Bertz CT molecular complexity index is 845. The molecular formula is C23H28N2O2. The maximum absolute atomic E-state index is 13.2. The molecule has 2 aromatic carbocycles. The average Bonchev–Trinajstić information content (AvgIpc) is 3.24. The van der Waals surface area contributed by atoms with Gasteiger partial charge in [-0.05, 0) is 55.0 Å². The number of ether oxygens (including phenoxy) is 1. The van der Waals surface area contributed by atoms with Crippen LogP contribution in [0.5, 0.6) is 0 Å². The first kappa shape index (κ1) is 17.2. The minimum Gasteiger partial charge on any atom is -0.377 e. The number of carbonyl (C=O) groups is 1. The minimum absolute atomic E-state index is 0.184. The number of hydrogen-bond acceptors (Lipinski definition) is 3. The molecule has 2 atom stereocenters. The van der Waals surface area contributed by atoms with Gasteiger partial charge in [0.15, 0.2) is 0 Å². The van der Waals surface area contributed by atoms with Crippen molar-refractivity contribution in [2.75, 3.05) is 32.8 Å². The summed E-state index contributed by atoms with van der Waals surface area (Å²) in [4.78, 5) is 17.9. The number of rotatable bonds is 3. The van der Waals surface area contributed by atoms with Gasteiger partial charge in [0.1, 0.15) is 0 Å². The van der Waals surface area contributed by atoms with Crippen molar-refractivity contribution in [3.63, 3.8) is 0 Å². The van der Waals surface area contributed by atoms with Gasteiger partial charge in [-0.1, -0.05) is 30.3 Å². The maximum Gasteiger partial charge on any atom is 0.253 e. The van der Waals surface area contributed by atoms with Gasteiger partial charge < -0.3 is 9.64 Å². The molecule has 3 heterocycles. The Kier molecular flexibility index (Phi) is 4.41. The van der Waals surface area contributed by atoms with Crippen LogP contribution in [0.25, 0.3) is 10.8 Å². The number of nitrogens with zero attached hydrogens (tertiary/aromatic N) is 2. The van der Waals surface area contributed by atoms with Crippen molar-refractivity contribution in [2.45, 2.75) is 43.7 Å². The van der Waals surface area contributed by atoms with E-state index in [4.69, 9.17) is 4.74 Å². The first-order chi connectivity index (χ1) is 13.2. The Morgan fingerprint density at radius 2 is 1.96 bits per heavy atom. The van der Waals surface area contributed by atoms with E-state index in [2.05, 4.69) is 28.0 Å². The summed E-state index contributed by atoms with van der Waals surface area (Å²) in [6.45, 7) is 4.85. The lowest BCUT2D eigenvalue weighted by Crippen LogP contribution is -2.68. The van der Waals surface area contributed by atoms with Crippen LogP contribution >= 0.6 is 0 Å². The lowest BCUT2D eigenvalue weighted by molar-refractivity contribution is -0.0806. The van der Waals surface area contributed by atoms with E-state index >= 15 is 0 Å². The molecule has 3 aliphatic rings. The summed E-state index contributed by atoms with van der Waals surface area (Å²) >= 11 is 0. The van der Waals surface area contributed by atoms with E-state index in [1.165, 1.54) is 31.1 Å². The van der Waals surface area contributed by atoms with Crippen LogP contribution in [0.3, 0.4) is 0 Å². The first-order valence-electron chi connectivity index (χ1n) is 10.4. The standard InChI is InChI=1S/C23H28N2O2/c26-22(20-9-8-18-5-1-2-6-19(18)15-20)24-12-4-10-23(17-24)11-13-25(23)16-21-7-3-14-27-21/h1-2,5-6,8-9,15,21H,3-4,7,10-14,16-17H2/t21-,23-/m0/s1. The van der Waals surface area contributed by atoms with E-state index in [-0.39, 0.29) is 11.4 Å². The second-order valence-corrected chi connectivity index (χ2v) is 8.45. The van der Waals surface area contributed by atoms with Crippen LogP contribution < -0.4 is 0 Å². The molecule has 0 bridgehead atoms. The topological polar surface area (TPSA) is 32.8 Å². The Morgan fingerprint density at radius 1 is 1.07 bits per heavy atom. The molecule has 0 radical (unpaired) electrons. The van der Waals surface area contributed by atoms with Gasteiger partial charge in [0.05, 0.1) is 6.10 Å². The Hall–Kier alpha value is -1.91. The number of fused-ring (bicyclic) bond motifs is 1. The third-order valence-electron chi connectivity index (χ3n) is 6.80. The van der Waals surface area contributed by atoms with Crippen molar-refractivity contribution in [3.8, 4) is 0 Å². The molecule has 0 N–H and O–H groups in total. The summed E-state index contributed by atoms with van der Waals surface area (Å²) < 4.78 is 5.86. The van der Waals surface area contributed by atoms with Crippen LogP contribution in [0.15, 0.2) is 42.5 Å². The molecular weight excluding hydrogens is 336 g/mol. The van der Waals surface area contributed by atoms with E-state index in [1.807, 2.05) is 24.3 Å². The van der Waals surface area contributed by atoms with Gasteiger partial charge in [-0.25, -0.2) is 0 Å². The van der Waals surface area contributed by atoms with Gasteiger partial charge in [0.2, 0.25) is 0 Å². The average molecular weight is 364 g/mol. The fourth-order valence-electron chi connectivity index (χ4n) is 5.16. The highest BCUT2D eigenvalue weighted by Crippen LogP contribution is 2.39. The Morgan fingerprint density at radius 3 is 2.74 bits per heavy atom. The SMILES string of the molecule is O=C(c1ccc2ccccc2c1)N1CCC[C@]2(CCN2C[C@@H]2CCCO2)C1. The van der Waals surface area contributed by atoms with Crippen molar-refractivity contribution in [1.82, 2.24) is 9.80 Å². The van der Waals surface area contributed by atoms with E-state index in [1.54, 1.807) is 0 Å². The molecule has 0 saturated carbocycles. The molecule has 3 fully saturated rings. The van der Waals surface area contributed by atoms with Gasteiger partial charge in [0, 0.05) is 43.9 Å². The quantitative estimate of drug-likeness (QED) is 0.833. The summed E-state index contributed by atoms with van der Waals surface area (Å²) in [5.74, 6) is 0.184. The summed E-state index contributed by atoms with van der Waals surface area (Å²) in [7, 11) is 0. The smallest absolute Gasteiger partial charge is 0.253 e. The molecule has 142 valence electrons. The van der Waals surface area contributed by atoms with Gasteiger partial charge >= 0.3 is 0 Å². The van der Waals surface area contributed by atoms with Crippen molar-refractivity contribution in [3.05, 3.63) is 48.0 Å². The first-order valence-corrected chi connectivity index (χ1v) is 10.4. The highest BCUT2D eigenvalue weighted by Gasteiger charge is 2.48. The second kappa shape index (κ2) is 6.92. The van der Waals surface area contributed by atoms with E-state index < -0.39 is 0 Å². The second-order valence-electron chi connectivity index (χ2n) is 8.45. The van der Waals surface area contributed by atoms with Crippen LogP contribution in [0, 0.1) is 0 Å². The minimum atomic E-state index is 0.184. The molecule has 0 aliphatic carbocycles. The number of piperidine rings is 1. The number of carbonyl (C=O) groups excluding carboxylic acids is 1. The van der Waals surface area contributed by atoms with Gasteiger partial charge in [-0.3, -0.25) is 9.69 Å². The fourth-order valence-corrected chi connectivity index (χ4v) is 5.16. The van der Waals surface area contributed by atoms with Crippen molar-refractivity contribution >= 4 is 16.7 Å². The van der Waals surface area contributed by atoms with Crippen molar-refractivity contribution in [2.24, 2.45) is 0 Å². The normalized spacial score (nSPS) is 28.6. The zero-order chi connectivity index (χ0) is 18.3. The predicted octanol–water partition coefficient (Wildman–Crippen LogP) is 3.70. The summed E-state index contributed by atoms with van der Waals surface area (Å²) in [6, 6.07) is 14.3. The molecule has 0 unspecified atom stereocenters. The van der Waals surface area contributed by atoms with Gasteiger partial charge in [-0.2, -0.15) is 0 Å². The molecule has 3 aliphatic heterocycles. The van der Waals surface area contributed by atoms with Crippen LogP contribution in [0.2, 0.25) is 0 Å². The lowest BCUT2D eigenvalue weighted by Gasteiger charge is -2.57. The third-order valence-corrected chi connectivity index (χ3v) is 6.80. The predicted molar refractivity (Wildman–Crippen MR) is 107 cm³/mol. The van der Waals surface area contributed by atoms with Gasteiger partial charge in [0.25, 0.3) is 5.91 Å². The van der Waals surface area contributed by atoms with Crippen LogP contribution in [-0.2, 0) is 4.74 Å². The van der Waals surface area contributed by atoms with E-state index in [0.717, 1.165) is 50.2 Å². The van der Waals surface area contributed by atoms with E-state index in [9.17, 15) is 4.79 Å². The molecule has 5 rings (SSSR count). The summed E-state index contributed by atoms with van der Waals surface area (Å²) in [5.41, 5.74) is 1.01. The number of hydrogen-bond donors (Lipinski definition) is 0. The van der Waals surface area contributed by atoms with Crippen molar-refractivity contribution in [1.29, 1.82) is 0 Å². The highest BCUT2D eigenvalue weighted by molar-refractivity contribution is 5.98. The molecule has 4 nitrogen and oxygen atoms in total. The molecule has 0 aromatic heterocycles. The molecule has 4 heteroatoms. The number of benzene rings is 2. The maximum atomic E-state index is 13.2. The number of amides is 1. The summed E-state index contributed by atoms with van der Waals surface area (Å²) in [6.07, 6.45) is 6.29. The fraction of sp³-hybridized carbons (Fsp3) is 0.522. The Balaban J connectivity index is 1.31. The molecule has 1 spiro atoms. The zero-order valence-electron chi connectivity index (χ0n) is 15.9. The van der Waals surface area contributed by atoms with Crippen LogP contribution in [0.1, 0.15) is 42.5 Å². The molecule has 1 amide bonds. The highest BCUT2D eigenvalue weighted by atomic mass is 16.5. The largest absolute Gasteiger partial charge is 0.377 e. The van der Waals surface area contributed by atoms with Crippen LogP contribution in [0.4, 0.5) is 0 Å².